The Bertz CT molecular complexity index is 1370. The number of carbonyl (C=O) groups is 4. The van der Waals surface area contributed by atoms with Crippen LogP contribution in [-0.4, -0.2) is 41.2 Å². The largest absolute Gasteiger partial charge is 0.481 e. The van der Waals surface area contributed by atoms with Crippen LogP contribution >= 0.6 is 23.1 Å². The molecule has 0 radical (unpaired) electrons. The average molecular weight is 567 g/mol. The summed E-state index contributed by atoms with van der Waals surface area (Å²) in [6.45, 7) is 1.77. The third kappa shape index (κ3) is 7.27. The molecule has 0 bridgehead atoms. The van der Waals surface area contributed by atoms with E-state index in [1.807, 2.05) is 24.3 Å². The highest BCUT2D eigenvalue weighted by atomic mass is 32.2. The van der Waals surface area contributed by atoms with Crippen molar-refractivity contribution in [2.75, 3.05) is 17.7 Å². The molecule has 3 N–H and O–H groups in total. The Morgan fingerprint density at radius 3 is 2.56 bits per heavy atom. The quantitative estimate of drug-likeness (QED) is 0.212. The van der Waals surface area contributed by atoms with E-state index in [0.29, 0.717) is 22.2 Å². The molecule has 0 spiro atoms. The first-order chi connectivity index (χ1) is 18.7. The number of fused-ring (bicyclic) bond motifs is 1. The van der Waals surface area contributed by atoms with Crippen LogP contribution in [0.4, 0.5) is 10.7 Å². The normalized spacial score (nSPS) is 15.1. The predicted molar refractivity (Wildman–Crippen MR) is 153 cm³/mol. The number of ether oxygens (including phenoxy) is 1. The summed E-state index contributed by atoms with van der Waals surface area (Å²) in [7, 11) is 1.35. The molecule has 0 saturated carbocycles. The Labute approximate surface area is 235 Å². The van der Waals surface area contributed by atoms with Crippen LogP contribution in [0.5, 0.6) is 0 Å². The summed E-state index contributed by atoms with van der Waals surface area (Å²) in [6.07, 6.45) is 2.09. The summed E-state index contributed by atoms with van der Waals surface area (Å²) in [5.74, 6) is -1.77. The lowest BCUT2D eigenvalue weighted by Gasteiger charge is -2.22. The third-order valence-electron chi connectivity index (χ3n) is 6.53. The number of benzene rings is 2. The van der Waals surface area contributed by atoms with Gasteiger partial charge in [0.2, 0.25) is 11.8 Å². The molecule has 1 aliphatic rings. The topological polar surface area (TPSA) is 122 Å². The van der Waals surface area contributed by atoms with Crippen molar-refractivity contribution in [2.24, 2.45) is 0 Å². The lowest BCUT2D eigenvalue weighted by atomic mass is 9.83. The molecule has 4 rings (SSSR count). The number of carboxylic acid groups (broad SMARTS) is 1. The SMILES string of the molecule is COC(=O)c1c(NC(=O)C(C)Sc2cccc(NC(=O)CCC(=O)O)c2)sc2c1CCC(c1ccccc1)C2. The molecule has 10 heteroatoms. The van der Waals surface area contributed by atoms with Crippen molar-refractivity contribution < 1.29 is 29.0 Å². The first-order valence-electron chi connectivity index (χ1n) is 12.6. The molecular formula is C29H30N2O6S2. The number of rotatable bonds is 10. The van der Waals surface area contributed by atoms with Gasteiger partial charge in [0, 0.05) is 21.9 Å². The van der Waals surface area contributed by atoms with Gasteiger partial charge < -0.3 is 20.5 Å². The van der Waals surface area contributed by atoms with Gasteiger partial charge in [-0.3, -0.25) is 14.4 Å². The molecule has 8 nitrogen and oxygen atoms in total. The van der Waals surface area contributed by atoms with E-state index >= 15 is 0 Å². The zero-order chi connectivity index (χ0) is 27.9. The van der Waals surface area contributed by atoms with Crippen molar-refractivity contribution in [1.82, 2.24) is 0 Å². The Kier molecular flexibility index (Phi) is 9.42. The van der Waals surface area contributed by atoms with Gasteiger partial charge in [-0.05, 0) is 61.4 Å². The molecule has 39 heavy (non-hydrogen) atoms. The van der Waals surface area contributed by atoms with E-state index in [1.165, 1.54) is 35.8 Å². The van der Waals surface area contributed by atoms with Crippen molar-refractivity contribution >= 4 is 57.5 Å². The van der Waals surface area contributed by atoms with Crippen molar-refractivity contribution in [3.63, 3.8) is 0 Å². The number of thioether (sulfide) groups is 1. The van der Waals surface area contributed by atoms with Gasteiger partial charge in [-0.15, -0.1) is 23.1 Å². The third-order valence-corrected chi connectivity index (χ3v) is 8.79. The van der Waals surface area contributed by atoms with Gasteiger partial charge >= 0.3 is 11.9 Å². The molecule has 2 amide bonds. The van der Waals surface area contributed by atoms with E-state index in [1.54, 1.807) is 25.1 Å². The van der Waals surface area contributed by atoms with Crippen LogP contribution in [0.1, 0.15) is 58.5 Å². The number of carboxylic acids is 1. The molecule has 2 atom stereocenters. The van der Waals surface area contributed by atoms with E-state index in [9.17, 15) is 19.2 Å². The Morgan fingerprint density at radius 2 is 1.85 bits per heavy atom. The molecule has 2 aromatic carbocycles. The second kappa shape index (κ2) is 12.9. The van der Waals surface area contributed by atoms with Crippen LogP contribution in [0.25, 0.3) is 0 Å². The van der Waals surface area contributed by atoms with Crippen molar-refractivity contribution in [1.29, 1.82) is 0 Å². The number of esters is 1. The Morgan fingerprint density at radius 1 is 1.08 bits per heavy atom. The summed E-state index contributed by atoms with van der Waals surface area (Å²) in [4.78, 5) is 50.4. The minimum absolute atomic E-state index is 0.120. The molecular weight excluding hydrogens is 536 g/mol. The molecule has 2 unspecified atom stereocenters. The number of nitrogens with one attached hydrogen (secondary N) is 2. The number of carbonyl (C=O) groups excluding carboxylic acids is 3. The lowest BCUT2D eigenvalue weighted by molar-refractivity contribution is -0.138. The molecule has 1 heterocycles. The first-order valence-corrected chi connectivity index (χ1v) is 14.3. The highest BCUT2D eigenvalue weighted by molar-refractivity contribution is 8.00. The van der Waals surface area contributed by atoms with Crippen LogP contribution in [0.2, 0.25) is 0 Å². The van der Waals surface area contributed by atoms with Gasteiger partial charge in [0.25, 0.3) is 0 Å². The van der Waals surface area contributed by atoms with Crippen LogP contribution in [0.15, 0.2) is 59.5 Å². The van der Waals surface area contributed by atoms with Crippen LogP contribution < -0.4 is 10.6 Å². The number of amides is 2. The number of hydrogen-bond donors (Lipinski definition) is 3. The second-order valence-electron chi connectivity index (χ2n) is 9.27. The zero-order valence-electron chi connectivity index (χ0n) is 21.7. The maximum atomic E-state index is 13.2. The van der Waals surface area contributed by atoms with Crippen molar-refractivity contribution in [3.05, 3.63) is 76.2 Å². The second-order valence-corrected chi connectivity index (χ2v) is 11.8. The monoisotopic (exact) mass is 566 g/mol. The minimum atomic E-state index is -1.03. The standard InChI is InChI=1S/C29H30N2O6S2/c1-17(38-21-10-6-9-20(16-21)30-24(32)13-14-25(33)34)27(35)31-28-26(29(36)37-2)22-12-11-19(15-23(22)39-28)18-7-4-3-5-8-18/h3-10,16-17,19H,11-15H2,1-2H3,(H,30,32)(H,31,35)(H,33,34). The number of methoxy groups -OCH3 is 1. The lowest BCUT2D eigenvalue weighted by Crippen LogP contribution is -2.23. The highest BCUT2D eigenvalue weighted by Gasteiger charge is 2.31. The summed E-state index contributed by atoms with van der Waals surface area (Å²) in [5, 5.41) is 14.4. The molecule has 0 fully saturated rings. The van der Waals surface area contributed by atoms with Crippen molar-refractivity contribution in [3.8, 4) is 0 Å². The number of aliphatic carboxylic acids is 1. The molecule has 0 saturated heterocycles. The van der Waals surface area contributed by atoms with Gasteiger partial charge in [0.05, 0.1) is 24.3 Å². The number of hydrogen-bond acceptors (Lipinski definition) is 7. The van der Waals surface area contributed by atoms with E-state index in [-0.39, 0.29) is 18.7 Å². The van der Waals surface area contributed by atoms with Gasteiger partial charge in [0.1, 0.15) is 5.00 Å². The van der Waals surface area contributed by atoms with Crippen LogP contribution in [0, 0.1) is 0 Å². The molecule has 0 aliphatic heterocycles. The average Bonchev–Trinajstić information content (AvgIpc) is 3.29. The van der Waals surface area contributed by atoms with E-state index in [4.69, 9.17) is 9.84 Å². The van der Waals surface area contributed by atoms with Gasteiger partial charge in [-0.2, -0.15) is 0 Å². The van der Waals surface area contributed by atoms with E-state index < -0.39 is 23.1 Å². The van der Waals surface area contributed by atoms with E-state index in [0.717, 1.165) is 34.6 Å². The Balaban J connectivity index is 1.45. The first kappa shape index (κ1) is 28.4. The number of thiophene rings is 1. The maximum Gasteiger partial charge on any atom is 0.341 e. The van der Waals surface area contributed by atoms with E-state index in [2.05, 4.69) is 22.8 Å². The predicted octanol–water partition coefficient (Wildman–Crippen LogP) is 5.73. The van der Waals surface area contributed by atoms with Gasteiger partial charge in [-0.25, -0.2) is 4.79 Å². The van der Waals surface area contributed by atoms with Crippen molar-refractivity contribution in [2.45, 2.75) is 55.1 Å². The molecule has 3 aromatic rings. The summed E-state index contributed by atoms with van der Waals surface area (Å²) >= 11 is 2.75. The molecule has 204 valence electrons. The zero-order valence-corrected chi connectivity index (χ0v) is 23.3. The fourth-order valence-corrected chi connectivity index (χ4v) is 6.81. The molecule has 1 aromatic heterocycles. The van der Waals surface area contributed by atoms with Crippen LogP contribution in [0.3, 0.4) is 0 Å². The fourth-order valence-electron chi connectivity index (χ4n) is 4.56. The van der Waals surface area contributed by atoms with Crippen LogP contribution in [-0.2, 0) is 32.0 Å². The van der Waals surface area contributed by atoms with Gasteiger partial charge in [-0.1, -0.05) is 36.4 Å². The van der Waals surface area contributed by atoms with Gasteiger partial charge in [0.15, 0.2) is 0 Å². The summed E-state index contributed by atoms with van der Waals surface area (Å²) < 4.78 is 5.07. The molecule has 1 aliphatic carbocycles. The Hall–Kier alpha value is -3.63. The highest BCUT2D eigenvalue weighted by Crippen LogP contribution is 2.43. The smallest absolute Gasteiger partial charge is 0.341 e. The minimum Gasteiger partial charge on any atom is -0.481 e. The number of anilines is 2. The summed E-state index contributed by atoms with van der Waals surface area (Å²) in [5.41, 5.74) is 3.20. The maximum absolute atomic E-state index is 13.2. The fraction of sp³-hybridized carbons (Fsp3) is 0.310. The summed E-state index contributed by atoms with van der Waals surface area (Å²) in [6, 6.07) is 17.3.